The van der Waals surface area contributed by atoms with Crippen molar-refractivity contribution in [2.75, 3.05) is 0 Å². The number of aromatic amines is 1. The monoisotopic (exact) mass is 388 g/mol. The van der Waals surface area contributed by atoms with Crippen LogP contribution in [0.5, 0.6) is 0 Å². The molecule has 0 saturated carbocycles. The van der Waals surface area contributed by atoms with Gasteiger partial charge in [0.05, 0.1) is 23.0 Å². The maximum absolute atomic E-state index is 12.3. The van der Waals surface area contributed by atoms with Crippen molar-refractivity contribution in [2.45, 2.75) is 39.4 Å². The normalized spacial score (nSPS) is 13.1. The minimum Gasteiger partial charge on any atom is -0.479 e. The Kier molecular flexibility index (Phi) is 4.63. The number of hydrogen-bond acceptors (Lipinski definition) is 3. The summed E-state index contributed by atoms with van der Waals surface area (Å²) in [4.78, 5) is 20.0. The molecule has 148 valence electrons. The number of carboxylic acids is 1. The number of aromatic nitrogens is 2. The van der Waals surface area contributed by atoms with E-state index in [1.165, 1.54) is 0 Å². The molecule has 0 radical (unpaired) electrons. The first-order valence-electron chi connectivity index (χ1n) is 9.61. The summed E-state index contributed by atoms with van der Waals surface area (Å²) in [5.74, 6) is -1.01. The topological polar surface area (TPSA) is 75.2 Å². The first kappa shape index (κ1) is 19.2. The Labute approximate surface area is 169 Å². The van der Waals surface area contributed by atoms with Gasteiger partial charge in [0.25, 0.3) is 0 Å². The zero-order chi connectivity index (χ0) is 20.8. The van der Waals surface area contributed by atoms with Gasteiger partial charge in [-0.25, -0.2) is 9.78 Å². The number of rotatable bonds is 4. The van der Waals surface area contributed by atoms with Crippen molar-refractivity contribution in [1.29, 1.82) is 0 Å². The molecule has 0 aliphatic rings. The van der Waals surface area contributed by atoms with E-state index in [1.807, 2.05) is 76.2 Å². The van der Waals surface area contributed by atoms with Crippen LogP contribution >= 0.6 is 0 Å². The summed E-state index contributed by atoms with van der Waals surface area (Å²) >= 11 is 0. The van der Waals surface area contributed by atoms with Gasteiger partial charge in [0, 0.05) is 11.1 Å². The fourth-order valence-corrected chi connectivity index (χ4v) is 3.89. The highest BCUT2D eigenvalue weighted by Crippen LogP contribution is 2.42. The van der Waals surface area contributed by atoms with Crippen LogP contribution in [0.15, 0.2) is 54.9 Å². The smallest absolute Gasteiger partial charge is 0.337 e. The van der Waals surface area contributed by atoms with Crippen molar-refractivity contribution in [1.82, 2.24) is 9.97 Å². The second-order valence-electron chi connectivity index (χ2n) is 8.26. The summed E-state index contributed by atoms with van der Waals surface area (Å²) in [7, 11) is 0. The predicted molar refractivity (Wildman–Crippen MR) is 115 cm³/mol. The van der Waals surface area contributed by atoms with Gasteiger partial charge in [0.2, 0.25) is 0 Å². The second-order valence-corrected chi connectivity index (χ2v) is 8.26. The van der Waals surface area contributed by atoms with Crippen molar-refractivity contribution >= 4 is 27.8 Å². The third-order valence-corrected chi connectivity index (χ3v) is 4.97. The molecule has 2 N–H and O–H groups in total. The number of benzene rings is 3. The molecule has 0 bridgehead atoms. The number of nitrogens with one attached hydrogen (secondary N) is 1. The van der Waals surface area contributed by atoms with Crippen LogP contribution in [0.4, 0.5) is 0 Å². The highest BCUT2D eigenvalue weighted by Gasteiger charge is 2.32. The van der Waals surface area contributed by atoms with Gasteiger partial charge in [-0.1, -0.05) is 42.5 Å². The highest BCUT2D eigenvalue weighted by atomic mass is 16.5. The van der Waals surface area contributed by atoms with E-state index in [4.69, 9.17) is 4.74 Å². The maximum atomic E-state index is 12.3. The lowest BCUT2D eigenvalue weighted by Crippen LogP contribution is -2.28. The molecule has 5 heteroatoms. The summed E-state index contributed by atoms with van der Waals surface area (Å²) in [6, 6.07) is 16.0. The summed E-state index contributed by atoms with van der Waals surface area (Å²) in [6.45, 7) is 7.55. The zero-order valence-corrected chi connectivity index (χ0v) is 17.0. The van der Waals surface area contributed by atoms with Gasteiger partial charge in [0.1, 0.15) is 0 Å². The first-order chi connectivity index (χ1) is 13.8. The molecule has 29 heavy (non-hydrogen) atoms. The lowest BCUT2D eigenvalue weighted by molar-refractivity contribution is -0.160. The van der Waals surface area contributed by atoms with Gasteiger partial charge >= 0.3 is 5.97 Å². The SMILES string of the molecule is Cc1cc2ccccc2c(-c2cccc3[nH]cnc23)c1C(OC(C)(C)C)C(=O)O. The van der Waals surface area contributed by atoms with Crippen LogP contribution in [0.3, 0.4) is 0 Å². The van der Waals surface area contributed by atoms with Crippen LogP contribution in [-0.4, -0.2) is 26.6 Å². The Morgan fingerprint density at radius 3 is 2.62 bits per heavy atom. The third-order valence-electron chi connectivity index (χ3n) is 4.97. The van der Waals surface area contributed by atoms with E-state index in [0.717, 1.165) is 38.5 Å². The van der Waals surface area contributed by atoms with Crippen LogP contribution in [0.25, 0.3) is 32.9 Å². The molecule has 0 aliphatic heterocycles. The van der Waals surface area contributed by atoms with Crippen LogP contribution < -0.4 is 0 Å². The zero-order valence-electron chi connectivity index (χ0n) is 17.0. The number of hydrogen-bond donors (Lipinski definition) is 2. The Morgan fingerprint density at radius 2 is 1.90 bits per heavy atom. The van der Waals surface area contributed by atoms with Crippen molar-refractivity contribution in [2.24, 2.45) is 0 Å². The van der Waals surface area contributed by atoms with Gasteiger partial charge in [0.15, 0.2) is 6.10 Å². The summed E-state index contributed by atoms with van der Waals surface area (Å²) in [5, 5.41) is 12.1. The molecule has 1 atom stereocenters. The average molecular weight is 388 g/mol. The Balaban J connectivity index is 2.12. The number of carbonyl (C=O) groups is 1. The minimum atomic E-state index is -1.09. The van der Waals surface area contributed by atoms with E-state index < -0.39 is 17.7 Å². The molecule has 0 fully saturated rings. The number of para-hydroxylation sites is 1. The number of aliphatic carboxylic acids is 1. The Morgan fingerprint density at radius 1 is 1.14 bits per heavy atom. The number of fused-ring (bicyclic) bond motifs is 2. The van der Waals surface area contributed by atoms with E-state index in [0.29, 0.717) is 5.56 Å². The largest absolute Gasteiger partial charge is 0.479 e. The molecule has 0 aliphatic carbocycles. The number of carboxylic acid groups (broad SMARTS) is 1. The number of imidazole rings is 1. The van der Waals surface area contributed by atoms with E-state index in [-0.39, 0.29) is 0 Å². The standard InChI is InChI=1S/C24H24N2O3/c1-14-12-15-8-5-6-9-16(15)20(17-10-7-11-18-21(17)26-13-25-18)19(14)22(23(27)28)29-24(2,3)4/h5-13,22H,1-4H3,(H,25,26)(H,27,28). The molecule has 0 saturated heterocycles. The predicted octanol–water partition coefficient (Wildman–Crippen LogP) is 5.63. The molecule has 3 aromatic carbocycles. The number of H-pyrrole nitrogens is 1. The van der Waals surface area contributed by atoms with Gasteiger partial charge in [-0.15, -0.1) is 0 Å². The molecule has 1 heterocycles. The van der Waals surface area contributed by atoms with Gasteiger partial charge < -0.3 is 14.8 Å². The average Bonchev–Trinajstić information content (AvgIpc) is 3.13. The highest BCUT2D eigenvalue weighted by molar-refractivity contribution is 6.06. The van der Waals surface area contributed by atoms with Crippen molar-refractivity contribution < 1.29 is 14.6 Å². The van der Waals surface area contributed by atoms with Gasteiger partial charge in [-0.3, -0.25) is 0 Å². The summed E-state index contributed by atoms with van der Waals surface area (Å²) in [6.07, 6.45) is 0.565. The Hall–Kier alpha value is -3.18. The van der Waals surface area contributed by atoms with E-state index >= 15 is 0 Å². The van der Waals surface area contributed by atoms with Gasteiger partial charge in [-0.2, -0.15) is 0 Å². The number of nitrogens with zero attached hydrogens (tertiary/aromatic N) is 1. The van der Waals surface area contributed by atoms with Crippen molar-refractivity contribution in [3.05, 3.63) is 66.0 Å². The lowest BCUT2D eigenvalue weighted by atomic mass is 9.86. The minimum absolute atomic E-state index is 0.614. The van der Waals surface area contributed by atoms with Crippen molar-refractivity contribution in [3.63, 3.8) is 0 Å². The fraction of sp³-hybridized carbons (Fsp3) is 0.250. The molecular formula is C24H24N2O3. The quantitative estimate of drug-likeness (QED) is 0.475. The van der Waals surface area contributed by atoms with E-state index in [2.05, 4.69) is 9.97 Å². The molecule has 4 aromatic rings. The van der Waals surface area contributed by atoms with E-state index in [1.54, 1.807) is 6.33 Å². The Bertz CT molecular complexity index is 1220. The molecule has 5 nitrogen and oxygen atoms in total. The molecule has 1 unspecified atom stereocenters. The molecular weight excluding hydrogens is 364 g/mol. The number of aryl methyl sites for hydroxylation is 1. The summed E-state index contributed by atoms with van der Waals surface area (Å²) < 4.78 is 6.04. The van der Waals surface area contributed by atoms with Crippen LogP contribution in [0, 0.1) is 6.92 Å². The maximum Gasteiger partial charge on any atom is 0.337 e. The summed E-state index contributed by atoms with van der Waals surface area (Å²) in [5.41, 5.74) is 4.39. The van der Waals surface area contributed by atoms with E-state index in [9.17, 15) is 9.90 Å². The van der Waals surface area contributed by atoms with Crippen LogP contribution in [0.2, 0.25) is 0 Å². The molecule has 0 spiro atoms. The second kappa shape index (κ2) is 7.01. The van der Waals surface area contributed by atoms with Crippen LogP contribution in [-0.2, 0) is 9.53 Å². The number of ether oxygens (including phenoxy) is 1. The van der Waals surface area contributed by atoms with Crippen LogP contribution in [0.1, 0.15) is 38.0 Å². The van der Waals surface area contributed by atoms with Crippen molar-refractivity contribution in [3.8, 4) is 11.1 Å². The molecule has 1 aromatic heterocycles. The first-order valence-corrected chi connectivity index (χ1v) is 9.61. The van der Waals surface area contributed by atoms with Gasteiger partial charge in [-0.05, 0) is 55.7 Å². The molecule has 4 rings (SSSR count). The fourth-order valence-electron chi connectivity index (χ4n) is 3.89. The lowest BCUT2D eigenvalue weighted by Gasteiger charge is -2.28. The molecule has 0 amide bonds. The third kappa shape index (κ3) is 3.49.